The van der Waals surface area contributed by atoms with Crippen molar-refractivity contribution in [2.75, 3.05) is 0 Å². The van der Waals surface area contributed by atoms with E-state index in [2.05, 4.69) is 41.2 Å². The second kappa shape index (κ2) is 8.27. The van der Waals surface area contributed by atoms with Gasteiger partial charge >= 0.3 is 0 Å². The second-order valence-corrected chi connectivity index (χ2v) is 14.7. The Balaban J connectivity index is 1.69. The van der Waals surface area contributed by atoms with E-state index in [4.69, 9.17) is 0 Å². The second-order valence-electron chi connectivity index (χ2n) is 14.7. The van der Waals surface area contributed by atoms with Crippen molar-refractivity contribution in [3.05, 3.63) is 12.2 Å². The van der Waals surface area contributed by atoms with E-state index < -0.39 is 29.3 Å². The quantitative estimate of drug-likeness (QED) is 0.362. The Hall–Kier alpha value is -0.460. The third kappa shape index (κ3) is 3.58. The lowest BCUT2D eigenvalue weighted by Gasteiger charge is -2.70. The van der Waals surface area contributed by atoms with Crippen molar-refractivity contribution in [3.63, 3.8) is 0 Å². The molecule has 5 N–H and O–H groups in total. The number of fused-ring (bicyclic) bond motifs is 5. The molecule has 0 aliphatic heterocycles. The molecule has 4 fully saturated rings. The number of aliphatic hydroxyl groups excluding tert-OH is 3. The van der Waals surface area contributed by atoms with Crippen molar-refractivity contribution < 1.29 is 25.5 Å². The van der Waals surface area contributed by atoms with Crippen LogP contribution in [0.4, 0.5) is 0 Å². The van der Waals surface area contributed by atoms with E-state index in [9.17, 15) is 25.5 Å². The predicted octanol–water partition coefficient (Wildman–Crippen LogP) is 4.59. The Morgan fingerprint density at radius 3 is 2.20 bits per heavy atom. The highest BCUT2D eigenvalue weighted by Crippen LogP contribution is 2.76. The monoisotopic (exact) mass is 492 g/mol. The molecule has 0 aromatic carbocycles. The first kappa shape index (κ1) is 27.6. The van der Waals surface area contributed by atoms with Crippen LogP contribution in [0.5, 0.6) is 0 Å². The highest BCUT2D eigenvalue weighted by molar-refractivity contribution is 5.24. The van der Waals surface area contributed by atoms with E-state index in [-0.39, 0.29) is 34.2 Å². The largest absolute Gasteiger partial charge is 0.393 e. The van der Waals surface area contributed by atoms with Crippen molar-refractivity contribution in [3.8, 4) is 0 Å². The van der Waals surface area contributed by atoms with Crippen molar-refractivity contribution in [1.82, 2.24) is 0 Å². The summed E-state index contributed by atoms with van der Waals surface area (Å²) < 4.78 is 0. The summed E-state index contributed by atoms with van der Waals surface area (Å²) in [5.41, 5.74) is -2.69. The maximum absolute atomic E-state index is 12.2. The molecule has 11 atom stereocenters. The maximum Gasteiger partial charge on any atom is 0.0988 e. The summed E-state index contributed by atoms with van der Waals surface area (Å²) in [5.74, 6) is 0.279. The molecule has 5 nitrogen and oxygen atoms in total. The van der Waals surface area contributed by atoms with Gasteiger partial charge in [0.2, 0.25) is 0 Å². The Bertz CT molecular complexity index is 852. The highest BCUT2D eigenvalue weighted by atomic mass is 16.4. The molecule has 202 valence electrons. The van der Waals surface area contributed by atoms with Gasteiger partial charge in [0.1, 0.15) is 0 Å². The fourth-order valence-corrected chi connectivity index (χ4v) is 10.3. The van der Waals surface area contributed by atoms with Crippen LogP contribution < -0.4 is 0 Å². The summed E-state index contributed by atoms with van der Waals surface area (Å²) in [7, 11) is 0. The van der Waals surface area contributed by atoms with Crippen molar-refractivity contribution in [2.45, 2.75) is 136 Å². The molecule has 0 aromatic rings. The minimum Gasteiger partial charge on any atom is -0.393 e. The van der Waals surface area contributed by atoms with Crippen LogP contribution in [-0.4, -0.2) is 55.0 Å². The van der Waals surface area contributed by atoms with Crippen LogP contribution in [-0.2, 0) is 0 Å². The minimum absolute atomic E-state index is 0.0273. The molecular weight excluding hydrogens is 440 g/mol. The molecule has 4 aliphatic carbocycles. The third-order valence-corrected chi connectivity index (χ3v) is 12.8. The molecule has 0 heterocycles. The van der Waals surface area contributed by atoms with E-state index in [1.807, 2.05) is 0 Å². The lowest BCUT2D eigenvalue weighted by Crippen LogP contribution is -2.69. The predicted molar refractivity (Wildman–Crippen MR) is 139 cm³/mol. The number of rotatable bonds is 5. The summed E-state index contributed by atoms with van der Waals surface area (Å²) in [6.07, 6.45) is 4.56. The van der Waals surface area contributed by atoms with Crippen molar-refractivity contribution in [2.24, 2.45) is 39.4 Å². The minimum atomic E-state index is -1.42. The topological polar surface area (TPSA) is 101 Å². The first-order valence-electron chi connectivity index (χ1n) is 14.0. The van der Waals surface area contributed by atoms with Crippen LogP contribution >= 0.6 is 0 Å². The van der Waals surface area contributed by atoms with E-state index in [1.165, 1.54) is 0 Å². The van der Waals surface area contributed by atoms with Gasteiger partial charge in [-0.2, -0.15) is 0 Å². The first-order valence-corrected chi connectivity index (χ1v) is 14.0. The Morgan fingerprint density at radius 2 is 1.60 bits per heavy atom. The lowest BCUT2D eigenvalue weighted by atomic mass is 9.35. The van der Waals surface area contributed by atoms with Crippen LogP contribution in [0, 0.1) is 39.4 Å². The van der Waals surface area contributed by atoms with E-state index in [0.717, 1.165) is 32.1 Å². The Labute approximate surface area is 213 Å². The molecule has 0 bridgehead atoms. The van der Waals surface area contributed by atoms with E-state index >= 15 is 0 Å². The van der Waals surface area contributed by atoms with Crippen LogP contribution in [0.15, 0.2) is 12.2 Å². The Kier molecular flexibility index (Phi) is 6.51. The van der Waals surface area contributed by atoms with Crippen LogP contribution in [0.1, 0.15) is 106 Å². The summed E-state index contributed by atoms with van der Waals surface area (Å²) in [4.78, 5) is 0. The molecule has 5 unspecified atom stereocenters. The zero-order valence-electron chi connectivity index (χ0n) is 23.3. The van der Waals surface area contributed by atoms with Gasteiger partial charge in [0.25, 0.3) is 0 Å². The van der Waals surface area contributed by atoms with Gasteiger partial charge in [-0.25, -0.2) is 0 Å². The van der Waals surface area contributed by atoms with E-state index in [0.29, 0.717) is 36.7 Å². The summed E-state index contributed by atoms with van der Waals surface area (Å²) in [6.45, 7) is 18.8. The standard InChI is InChI=1S/C30H52O5/c1-18(2)19(31)9-14-29(8,34)30(35)16-15-28(7)24(30)20(32)17-22-26(5)12-11-23(33)25(3,4)21(26)10-13-27(22,28)6/h19-24,31-35H,1,9-17H2,2-8H3/t19?,20-,21?,22?,23-,24?,26+,27-,28-,29?,30-/m1/s1. The zero-order chi connectivity index (χ0) is 26.4. The summed E-state index contributed by atoms with van der Waals surface area (Å²) in [5, 5.41) is 56.7. The molecule has 0 amide bonds. The molecule has 0 aromatic heterocycles. The molecule has 4 rings (SSSR count). The van der Waals surface area contributed by atoms with Crippen LogP contribution in [0.2, 0.25) is 0 Å². The van der Waals surface area contributed by atoms with Crippen molar-refractivity contribution >= 4 is 0 Å². The third-order valence-electron chi connectivity index (χ3n) is 12.8. The van der Waals surface area contributed by atoms with Gasteiger partial charge in [-0.05, 0) is 105 Å². The molecule has 4 saturated carbocycles. The van der Waals surface area contributed by atoms with Gasteiger partial charge in [-0.1, -0.05) is 46.8 Å². The molecule has 0 saturated heterocycles. The van der Waals surface area contributed by atoms with Crippen molar-refractivity contribution in [1.29, 1.82) is 0 Å². The average molecular weight is 493 g/mol. The van der Waals surface area contributed by atoms with Gasteiger partial charge in [0.15, 0.2) is 0 Å². The van der Waals surface area contributed by atoms with E-state index in [1.54, 1.807) is 13.8 Å². The summed E-state index contributed by atoms with van der Waals surface area (Å²) >= 11 is 0. The molecule has 0 radical (unpaired) electrons. The van der Waals surface area contributed by atoms with Gasteiger partial charge in [0, 0.05) is 5.92 Å². The summed E-state index contributed by atoms with van der Waals surface area (Å²) in [6, 6.07) is 0. The van der Waals surface area contributed by atoms with Gasteiger partial charge in [-0.15, -0.1) is 0 Å². The SMILES string of the molecule is C=C(C)C(O)CCC(C)(O)[C@@]1(O)CC[C@]2(C)C1[C@H](O)CC1[C@@]3(C)CC[C@@H](O)C(C)(C)C3CC[C@]12C. The number of hydrogen-bond acceptors (Lipinski definition) is 5. The molecule has 4 aliphatic rings. The van der Waals surface area contributed by atoms with Crippen LogP contribution in [0.25, 0.3) is 0 Å². The highest BCUT2D eigenvalue weighted by Gasteiger charge is 2.74. The van der Waals surface area contributed by atoms with Gasteiger partial charge < -0.3 is 25.5 Å². The average Bonchev–Trinajstić information content (AvgIpc) is 3.06. The normalized spacial score (nSPS) is 51.5. The molecule has 5 heteroatoms. The van der Waals surface area contributed by atoms with Gasteiger partial charge in [0.05, 0.1) is 29.5 Å². The molecule has 0 spiro atoms. The maximum atomic E-state index is 12.2. The number of hydrogen-bond donors (Lipinski definition) is 5. The fraction of sp³-hybridized carbons (Fsp3) is 0.933. The zero-order valence-corrected chi connectivity index (χ0v) is 23.3. The Morgan fingerprint density at radius 1 is 0.971 bits per heavy atom. The molecular formula is C30H52O5. The molecule has 35 heavy (non-hydrogen) atoms. The van der Waals surface area contributed by atoms with Crippen LogP contribution in [0.3, 0.4) is 0 Å². The smallest absolute Gasteiger partial charge is 0.0988 e. The first-order chi connectivity index (χ1) is 15.9. The fourth-order valence-electron chi connectivity index (χ4n) is 10.3. The lowest BCUT2D eigenvalue weighted by molar-refractivity contribution is -0.271. The van der Waals surface area contributed by atoms with Gasteiger partial charge in [-0.3, -0.25) is 0 Å². The number of aliphatic hydroxyl groups is 5.